The molecular formula is C30H22N4O4. The maximum Gasteiger partial charge on any atom is 0.305 e. The number of aliphatic carboxylic acids is 1. The number of hydrazone groups is 1. The minimum absolute atomic E-state index is 0.0262. The first kappa shape index (κ1) is 23.2. The zero-order valence-corrected chi connectivity index (χ0v) is 20.2. The molecule has 38 heavy (non-hydrogen) atoms. The Bertz CT molecular complexity index is 1680. The quantitative estimate of drug-likeness (QED) is 0.301. The van der Waals surface area contributed by atoms with E-state index in [0.717, 1.165) is 22.2 Å². The first-order valence-electron chi connectivity index (χ1n) is 12.1. The molecule has 1 aliphatic rings. The number of carbonyl (C=O) groups excluding carboxylic acids is 1. The molecule has 8 heteroatoms. The molecule has 0 saturated heterocycles. The van der Waals surface area contributed by atoms with Crippen molar-refractivity contribution in [2.45, 2.75) is 6.42 Å². The monoisotopic (exact) mass is 502 g/mol. The van der Waals surface area contributed by atoms with Gasteiger partial charge in [0.05, 0.1) is 24.2 Å². The van der Waals surface area contributed by atoms with E-state index in [1.165, 1.54) is 5.01 Å². The molecule has 0 aliphatic carbocycles. The number of aromatic nitrogens is 2. The van der Waals surface area contributed by atoms with E-state index in [1.807, 2.05) is 97.2 Å². The van der Waals surface area contributed by atoms with Crippen LogP contribution in [0.4, 0.5) is 0 Å². The summed E-state index contributed by atoms with van der Waals surface area (Å²) in [6.45, 7) is -0.0262. The lowest BCUT2D eigenvalue weighted by Gasteiger charge is -2.09. The highest BCUT2D eigenvalue weighted by atomic mass is 16.4. The van der Waals surface area contributed by atoms with E-state index in [1.54, 1.807) is 10.8 Å². The Morgan fingerprint density at radius 1 is 0.947 bits per heavy atom. The normalized spacial score (nSPS) is 14.4. The fraction of sp³-hybridized carbons (Fsp3) is 0.0667. The molecule has 3 aromatic carbocycles. The van der Waals surface area contributed by atoms with Gasteiger partial charge in [-0.3, -0.25) is 9.59 Å². The van der Waals surface area contributed by atoms with Crippen LogP contribution in [0.1, 0.15) is 17.5 Å². The highest BCUT2D eigenvalue weighted by molar-refractivity contribution is 6.33. The van der Waals surface area contributed by atoms with E-state index in [2.05, 4.69) is 5.10 Å². The maximum absolute atomic E-state index is 13.5. The summed E-state index contributed by atoms with van der Waals surface area (Å²) in [7, 11) is 0. The van der Waals surface area contributed by atoms with Gasteiger partial charge in [0.2, 0.25) is 0 Å². The molecule has 0 spiro atoms. The smallest absolute Gasteiger partial charge is 0.305 e. The topological polar surface area (TPSA) is 101 Å². The third kappa shape index (κ3) is 4.39. The van der Waals surface area contributed by atoms with Crippen molar-refractivity contribution in [1.29, 1.82) is 0 Å². The lowest BCUT2D eigenvalue weighted by atomic mass is 10.00. The van der Waals surface area contributed by atoms with Crippen LogP contribution in [0.3, 0.4) is 0 Å². The van der Waals surface area contributed by atoms with Crippen LogP contribution in [0.5, 0.6) is 0 Å². The van der Waals surface area contributed by atoms with E-state index < -0.39 is 5.97 Å². The van der Waals surface area contributed by atoms with Crippen LogP contribution in [0, 0.1) is 0 Å². The maximum atomic E-state index is 13.5. The standard InChI is InChI=1S/C30H22N4O4/c35-27(36)15-16-33-30(37)24(28(31-33)20-9-3-1-4-10-20)17-22-19-34(23-12-5-2-6-13-23)32-29(22)26-18-21-11-7-8-14-25(21)38-26/h1-14,17-19H,15-16H2,(H,35,36)/b24-17+. The number of benzene rings is 3. The molecule has 1 N–H and O–H groups in total. The van der Waals surface area contributed by atoms with E-state index in [0.29, 0.717) is 28.3 Å². The molecule has 186 valence electrons. The molecule has 8 nitrogen and oxygen atoms in total. The molecule has 0 bridgehead atoms. The van der Waals surface area contributed by atoms with Crippen molar-refractivity contribution in [3.05, 3.63) is 114 Å². The van der Waals surface area contributed by atoms with Gasteiger partial charge in [0.1, 0.15) is 17.0 Å². The fourth-order valence-corrected chi connectivity index (χ4v) is 4.40. The van der Waals surface area contributed by atoms with Crippen molar-refractivity contribution in [3.8, 4) is 17.1 Å². The summed E-state index contributed by atoms with van der Waals surface area (Å²) in [6.07, 6.45) is 3.39. The van der Waals surface area contributed by atoms with Crippen LogP contribution >= 0.6 is 0 Å². The minimum atomic E-state index is -0.997. The van der Waals surface area contributed by atoms with Crippen LogP contribution < -0.4 is 0 Å². The van der Waals surface area contributed by atoms with Gasteiger partial charge >= 0.3 is 5.97 Å². The summed E-state index contributed by atoms with van der Waals surface area (Å²) in [6, 6.07) is 28.7. The highest BCUT2D eigenvalue weighted by Gasteiger charge is 2.32. The Kier molecular flexibility index (Phi) is 5.89. The van der Waals surface area contributed by atoms with Crippen LogP contribution in [-0.2, 0) is 9.59 Å². The van der Waals surface area contributed by atoms with E-state index in [9.17, 15) is 9.59 Å². The van der Waals surface area contributed by atoms with Gasteiger partial charge in [-0.2, -0.15) is 10.2 Å². The molecule has 0 unspecified atom stereocenters. The number of carboxylic acids is 1. The molecule has 0 saturated carbocycles. The van der Waals surface area contributed by atoms with Crippen LogP contribution in [0.15, 0.2) is 112 Å². The average Bonchev–Trinajstić information content (AvgIpc) is 3.64. The van der Waals surface area contributed by atoms with Gasteiger partial charge < -0.3 is 9.52 Å². The summed E-state index contributed by atoms with van der Waals surface area (Å²) in [5.41, 5.74) is 4.41. The molecule has 0 fully saturated rings. The van der Waals surface area contributed by atoms with Crippen LogP contribution in [0.2, 0.25) is 0 Å². The van der Waals surface area contributed by atoms with Crippen molar-refractivity contribution < 1.29 is 19.1 Å². The number of amides is 1. The highest BCUT2D eigenvalue weighted by Crippen LogP contribution is 2.32. The van der Waals surface area contributed by atoms with Gasteiger partial charge in [-0.25, -0.2) is 9.69 Å². The molecule has 6 rings (SSSR count). The lowest BCUT2D eigenvalue weighted by Crippen LogP contribution is -2.24. The summed E-state index contributed by atoms with van der Waals surface area (Å²) in [5.74, 6) is -0.796. The zero-order chi connectivity index (χ0) is 26.1. The Hall–Kier alpha value is -5.24. The zero-order valence-electron chi connectivity index (χ0n) is 20.2. The number of carboxylic acid groups (broad SMARTS) is 1. The average molecular weight is 503 g/mol. The van der Waals surface area contributed by atoms with E-state index >= 15 is 0 Å². The van der Waals surface area contributed by atoms with Gasteiger partial charge in [0.25, 0.3) is 5.91 Å². The Labute approximate surface area is 217 Å². The van der Waals surface area contributed by atoms with Crippen LogP contribution in [-0.4, -0.2) is 44.0 Å². The van der Waals surface area contributed by atoms with Gasteiger partial charge in [0, 0.05) is 22.7 Å². The van der Waals surface area contributed by atoms with Gasteiger partial charge in [-0.1, -0.05) is 66.7 Å². The largest absolute Gasteiger partial charge is 0.481 e. The van der Waals surface area contributed by atoms with Crippen molar-refractivity contribution in [1.82, 2.24) is 14.8 Å². The van der Waals surface area contributed by atoms with Gasteiger partial charge in [-0.05, 0) is 30.3 Å². The number of fused-ring (bicyclic) bond motifs is 1. The molecule has 1 aliphatic heterocycles. The summed E-state index contributed by atoms with van der Waals surface area (Å²) in [5, 5.41) is 20.6. The van der Waals surface area contributed by atoms with E-state index in [-0.39, 0.29) is 18.9 Å². The van der Waals surface area contributed by atoms with Crippen LogP contribution in [0.25, 0.3) is 34.2 Å². The molecule has 2 aromatic heterocycles. The van der Waals surface area contributed by atoms with Crippen molar-refractivity contribution in [2.75, 3.05) is 6.54 Å². The summed E-state index contributed by atoms with van der Waals surface area (Å²) in [4.78, 5) is 24.6. The number of carbonyl (C=O) groups is 2. The van der Waals surface area contributed by atoms with Gasteiger partial charge in [-0.15, -0.1) is 0 Å². The minimum Gasteiger partial charge on any atom is -0.481 e. The number of furan rings is 1. The Balaban J connectivity index is 1.50. The number of nitrogens with zero attached hydrogens (tertiary/aromatic N) is 4. The van der Waals surface area contributed by atoms with Crippen molar-refractivity contribution in [3.63, 3.8) is 0 Å². The number of para-hydroxylation sites is 2. The summed E-state index contributed by atoms with van der Waals surface area (Å²) < 4.78 is 7.88. The fourth-order valence-electron chi connectivity index (χ4n) is 4.40. The molecule has 5 aromatic rings. The molecule has 1 amide bonds. The Morgan fingerprint density at radius 2 is 1.66 bits per heavy atom. The van der Waals surface area contributed by atoms with Crippen molar-refractivity contribution in [2.24, 2.45) is 5.10 Å². The first-order valence-corrected chi connectivity index (χ1v) is 12.1. The Morgan fingerprint density at radius 3 is 2.39 bits per heavy atom. The van der Waals surface area contributed by atoms with E-state index in [4.69, 9.17) is 14.6 Å². The molecule has 0 atom stereocenters. The SMILES string of the molecule is O=C(O)CCN1N=C(c2ccccc2)/C(=C\c2cn(-c3ccccc3)nc2-c2cc3ccccc3o2)C1=O. The second-order valence-electron chi connectivity index (χ2n) is 8.81. The number of hydrogen-bond donors (Lipinski definition) is 1. The molecule has 3 heterocycles. The predicted molar refractivity (Wildman–Crippen MR) is 144 cm³/mol. The first-order chi connectivity index (χ1) is 18.6. The second kappa shape index (κ2) is 9.67. The predicted octanol–water partition coefficient (Wildman–Crippen LogP) is 5.39. The third-order valence-electron chi connectivity index (χ3n) is 6.25. The summed E-state index contributed by atoms with van der Waals surface area (Å²) >= 11 is 0. The van der Waals surface area contributed by atoms with Gasteiger partial charge in [0.15, 0.2) is 5.76 Å². The number of hydrogen-bond acceptors (Lipinski definition) is 5. The second-order valence-corrected chi connectivity index (χ2v) is 8.81. The van der Waals surface area contributed by atoms with Crippen molar-refractivity contribution >= 4 is 34.6 Å². The molecule has 0 radical (unpaired) electrons. The number of rotatable bonds is 7. The lowest BCUT2D eigenvalue weighted by molar-refractivity contribution is -0.137. The molecular weight excluding hydrogens is 480 g/mol. The third-order valence-corrected chi connectivity index (χ3v) is 6.25.